The third-order valence-corrected chi connectivity index (χ3v) is 4.41. The first kappa shape index (κ1) is 15.3. The molecule has 22 heavy (non-hydrogen) atoms. The minimum atomic E-state index is -0.446. The van der Waals surface area contributed by atoms with Crippen LogP contribution in [0.2, 0.25) is 5.02 Å². The number of benzene rings is 1. The zero-order chi connectivity index (χ0) is 15.7. The molecular formula is C17H18ClFN2O. The number of hydrogen-bond donors (Lipinski definition) is 1. The number of methoxy groups -OCH3 is 1. The van der Waals surface area contributed by atoms with Crippen LogP contribution < -0.4 is 10.5 Å². The van der Waals surface area contributed by atoms with E-state index in [4.69, 9.17) is 27.1 Å². The maximum absolute atomic E-state index is 13.4. The number of hydrogen-bond acceptors (Lipinski definition) is 3. The number of nitrogens with zero attached hydrogens (tertiary/aromatic N) is 1. The normalized spacial score (nSPS) is 15.6. The van der Waals surface area contributed by atoms with Gasteiger partial charge in [0, 0.05) is 23.7 Å². The van der Waals surface area contributed by atoms with Crippen LogP contribution in [0.5, 0.6) is 5.75 Å². The van der Waals surface area contributed by atoms with Gasteiger partial charge < -0.3 is 10.5 Å². The minimum absolute atomic E-state index is 0.0734. The fourth-order valence-corrected chi connectivity index (χ4v) is 2.92. The molecule has 1 aliphatic carbocycles. The summed E-state index contributed by atoms with van der Waals surface area (Å²) in [4.78, 5) is 4.73. The first-order valence-corrected chi connectivity index (χ1v) is 7.72. The van der Waals surface area contributed by atoms with E-state index in [1.807, 2.05) is 12.1 Å². The van der Waals surface area contributed by atoms with Crippen LogP contribution in [0.4, 0.5) is 4.39 Å². The Bertz CT molecular complexity index is 688. The highest BCUT2D eigenvalue weighted by Crippen LogP contribution is 2.42. The average molecular weight is 321 g/mol. The Morgan fingerprint density at radius 1 is 1.36 bits per heavy atom. The lowest BCUT2D eigenvalue weighted by molar-refractivity contribution is 0.414. The van der Waals surface area contributed by atoms with Crippen molar-refractivity contribution in [3.05, 3.63) is 46.9 Å². The summed E-state index contributed by atoms with van der Waals surface area (Å²) in [7, 11) is 1.59. The van der Waals surface area contributed by atoms with Crippen LogP contribution >= 0.6 is 11.6 Å². The van der Waals surface area contributed by atoms with Crippen molar-refractivity contribution in [3.8, 4) is 17.0 Å². The van der Waals surface area contributed by atoms with E-state index in [1.165, 1.54) is 18.9 Å². The van der Waals surface area contributed by atoms with E-state index in [-0.39, 0.29) is 10.9 Å². The predicted octanol–water partition coefficient (Wildman–Crippen LogP) is 4.00. The van der Waals surface area contributed by atoms with Gasteiger partial charge in [-0.2, -0.15) is 0 Å². The molecule has 2 aromatic rings. The lowest BCUT2D eigenvalue weighted by Crippen LogP contribution is -2.16. The van der Waals surface area contributed by atoms with E-state index in [0.717, 1.165) is 11.3 Å². The van der Waals surface area contributed by atoms with Crippen LogP contribution in [0.15, 0.2) is 30.3 Å². The lowest BCUT2D eigenvalue weighted by Gasteiger charge is -2.16. The molecular weight excluding hydrogens is 303 g/mol. The number of aromatic nitrogens is 1. The fraction of sp³-hybridized carbons (Fsp3) is 0.353. The number of ether oxygens (including phenoxy) is 1. The molecule has 0 amide bonds. The summed E-state index contributed by atoms with van der Waals surface area (Å²) in [6.45, 7) is 0.577. The van der Waals surface area contributed by atoms with Crippen molar-refractivity contribution < 1.29 is 9.13 Å². The summed E-state index contributed by atoms with van der Waals surface area (Å²) in [5, 5.41) is 0.0734. The molecule has 1 heterocycles. The topological polar surface area (TPSA) is 48.1 Å². The van der Waals surface area contributed by atoms with Crippen LogP contribution in [0.3, 0.4) is 0 Å². The smallest absolute Gasteiger partial charge is 0.145 e. The van der Waals surface area contributed by atoms with Crippen molar-refractivity contribution in [2.45, 2.75) is 18.8 Å². The highest BCUT2D eigenvalue weighted by atomic mass is 35.5. The van der Waals surface area contributed by atoms with Crippen molar-refractivity contribution >= 4 is 11.6 Å². The molecule has 2 N–H and O–H groups in total. The number of rotatable bonds is 5. The van der Waals surface area contributed by atoms with Crippen molar-refractivity contribution in [2.75, 3.05) is 13.7 Å². The van der Waals surface area contributed by atoms with Crippen LogP contribution in [0.1, 0.15) is 24.5 Å². The van der Waals surface area contributed by atoms with Crippen LogP contribution in [-0.2, 0) is 0 Å². The molecule has 0 radical (unpaired) electrons. The van der Waals surface area contributed by atoms with Gasteiger partial charge in [-0.1, -0.05) is 11.6 Å². The second-order valence-electron chi connectivity index (χ2n) is 5.60. The second kappa shape index (κ2) is 6.23. The van der Waals surface area contributed by atoms with Gasteiger partial charge in [-0.15, -0.1) is 0 Å². The van der Waals surface area contributed by atoms with Gasteiger partial charge in [0.25, 0.3) is 0 Å². The molecule has 1 fully saturated rings. The van der Waals surface area contributed by atoms with Gasteiger partial charge in [0.2, 0.25) is 0 Å². The van der Waals surface area contributed by atoms with Crippen LogP contribution in [-0.4, -0.2) is 18.6 Å². The van der Waals surface area contributed by atoms with Gasteiger partial charge in [0.1, 0.15) is 17.3 Å². The molecule has 5 heteroatoms. The Balaban J connectivity index is 2.05. The van der Waals surface area contributed by atoms with E-state index in [2.05, 4.69) is 0 Å². The first-order valence-electron chi connectivity index (χ1n) is 7.34. The Morgan fingerprint density at radius 3 is 2.73 bits per heavy atom. The summed E-state index contributed by atoms with van der Waals surface area (Å²) in [5.41, 5.74) is 8.27. The third-order valence-electron chi connectivity index (χ3n) is 4.12. The highest BCUT2D eigenvalue weighted by Gasteiger charge is 2.32. The van der Waals surface area contributed by atoms with E-state index < -0.39 is 5.82 Å². The van der Waals surface area contributed by atoms with E-state index in [1.54, 1.807) is 19.2 Å². The Hall–Kier alpha value is -1.65. The van der Waals surface area contributed by atoms with Gasteiger partial charge >= 0.3 is 0 Å². The molecule has 3 nitrogen and oxygen atoms in total. The molecule has 3 rings (SSSR count). The summed E-state index contributed by atoms with van der Waals surface area (Å²) in [5.74, 6) is 1.08. The third kappa shape index (κ3) is 2.94. The number of pyridine rings is 1. The Morgan fingerprint density at radius 2 is 2.14 bits per heavy atom. The summed E-state index contributed by atoms with van der Waals surface area (Å²) in [6.07, 6.45) is 2.40. The number of halogens is 2. The zero-order valence-corrected chi connectivity index (χ0v) is 13.1. The molecule has 0 spiro atoms. The van der Waals surface area contributed by atoms with Crippen LogP contribution in [0, 0.1) is 11.7 Å². The first-order chi connectivity index (χ1) is 10.6. The maximum atomic E-state index is 13.4. The van der Waals surface area contributed by atoms with E-state index in [0.29, 0.717) is 23.9 Å². The molecule has 1 atom stereocenters. The Labute approximate surface area is 134 Å². The average Bonchev–Trinajstić information content (AvgIpc) is 3.35. The summed E-state index contributed by atoms with van der Waals surface area (Å²) in [6, 6.07) is 8.42. The van der Waals surface area contributed by atoms with Crippen molar-refractivity contribution in [2.24, 2.45) is 11.7 Å². The van der Waals surface area contributed by atoms with Gasteiger partial charge in [-0.25, -0.2) is 9.37 Å². The standard InChI is InChI=1S/C17H18ClFN2O/c1-22-16-7-6-15(12(9-20)10-2-3-10)21-17(16)11-4-5-14(19)13(18)8-11/h4-8,10,12H,2-3,9,20H2,1H3. The second-order valence-corrected chi connectivity index (χ2v) is 6.00. The fourth-order valence-electron chi connectivity index (χ4n) is 2.74. The van der Waals surface area contributed by atoms with E-state index in [9.17, 15) is 4.39 Å². The molecule has 1 aromatic carbocycles. The van der Waals surface area contributed by atoms with Crippen molar-refractivity contribution in [1.82, 2.24) is 4.98 Å². The quantitative estimate of drug-likeness (QED) is 0.905. The van der Waals surface area contributed by atoms with Crippen molar-refractivity contribution in [1.29, 1.82) is 0 Å². The summed E-state index contributed by atoms with van der Waals surface area (Å²) < 4.78 is 18.8. The SMILES string of the molecule is COc1ccc(C(CN)C2CC2)nc1-c1ccc(F)c(Cl)c1. The minimum Gasteiger partial charge on any atom is -0.494 e. The van der Waals surface area contributed by atoms with Crippen LogP contribution in [0.25, 0.3) is 11.3 Å². The highest BCUT2D eigenvalue weighted by molar-refractivity contribution is 6.31. The summed E-state index contributed by atoms with van der Waals surface area (Å²) >= 11 is 5.89. The molecule has 1 aliphatic rings. The monoisotopic (exact) mass is 320 g/mol. The molecule has 116 valence electrons. The van der Waals surface area contributed by atoms with Gasteiger partial charge in [0.05, 0.1) is 12.1 Å². The molecule has 0 saturated heterocycles. The lowest BCUT2D eigenvalue weighted by atomic mass is 9.98. The van der Waals surface area contributed by atoms with Gasteiger partial charge in [-0.3, -0.25) is 0 Å². The Kier molecular flexibility index (Phi) is 4.32. The van der Waals surface area contributed by atoms with Gasteiger partial charge in [0.15, 0.2) is 0 Å². The molecule has 0 bridgehead atoms. The number of nitrogens with two attached hydrogens (primary N) is 1. The molecule has 1 unspecified atom stereocenters. The van der Waals surface area contributed by atoms with E-state index >= 15 is 0 Å². The molecule has 1 saturated carbocycles. The largest absolute Gasteiger partial charge is 0.494 e. The van der Waals surface area contributed by atoms with Crippen molar-refractivity contribution in [3.63, 3.8) is 0 Å². The molecule has 1 aromatic heterocycles. The predicted molar refractivity (Wildman–Crippen MR) is 85.7 cm³/mol. The maximum Gasteiger partial charge on any atom is 0.145 e. The zero-order valence-electron chi connectivity index (χ0n) is 12.4. The van der Waals surface area contributed by atoms with Gasteiger partial charge in [-0.05, 0) is 49.1 Å². The molecule has 0 aliphatic heterocycles.